The molecule has 3 N–H and O–H groups in total. The lowest BCUT2D eigenvalue weighted by molar-refractivity contribution is -0.140. The number of hydrogen-bond donors (Lipinski definition) is 3. The number of aliphatic carboxylic acids is 1. The molecule has 0 heterocycles. The van der Waals surface area contributed by atoms with Crippen LogP contribution in [0.3, 0.4) is 0 Å². The van der Waals surface area contributed by atoms with Gasteiger partial charge in [-0.15, -0.1) is 0 Å². The summed E-state index contributed by atoms with van der Waals surface area (Å²) in [5, 5.41) is 15.2. The second-order valence-electron chi connectivity index (χ2n) is 7.29. The fraction of sp³-hybridized carbons (Fsp3) is 0.160. The average Bonchev–Trinajstić information content (AvgIpc) is 2.81. The number of anilines is 2. The van der Waals surface area contributed by atoms with Crippen molar-refractivity contribution in [3.8, 4) is 5.75 Å². The largest absolute Gasteiger partial charge is 0.497 e. The predicted octanol–water partition coefficient (Wildman–Crippen LogP) is 3.98. The first-order valence-electron chi connectivity index (χ1n) is 10.2. The van der Waals surface area contributed by atoms with E-state index in [1.165, 1.54) is 7.11 Å². The standard InChI is InChI=1S/C25H25N3O5/c1-17-7-6-8-19(15-17)27-25(32)26-16-22(29)28(20-9-4-3-5-10-20)23(24(30)31)18-11-13-21(33-2)14-12-18/h3-15,23H,16H2,1-2H3,(H,30,31)(H2,26,27,32)/t23-/m0/s1. The molecule has 0 aliphatic carbocycles. The van der Waals surface area contributed by atoms with E-state index in [1.54, 1.807) is 72.8 Å². The predicted molar refractivity (Wildman–Crippen MR) is 125 cm³/mol. The van der Waals surface area contributed by atoms with Crippen LogP contribution in [0.2, 0.25) is 0 Å². The summed E-state index contributed by atoms with van der Waals surface area (Å²) in [6.07, 6.45) is 0. The summed E-state index contributed by atoms with van der Waals surface area (Å²) in [6.45, 7) is 1.50. The molecule has 0 spiro atoms. The fourth-order valence-electron chi connectivity index (χ4n) is 3.35. The Morgan fingerprint density at radius 1 is 0.970 bits per heavy atom. The number of ether oxygens (including phenoxy) is 1. The van der Waals surface area contributed by atoms with Gasteiger partial charge in [-0.05, 0) is 54.4 Å². The van der Waals surface area contributed by atoms with Crippen LogP contribution in [0.25, 0.3) is 0 Å². The quantitative estimate of drug-likeness (QED) is 0.484. The molecule has 3 rings (SSSR count). The van der Waals surface area contributed by atoms with E-state index >= 15 is 0 Å². The normalized spacial score (nSPS) is 11.2. The molecule has 0 saturated carbocycles. The minimum atomic E-state index is -1.30. The lowest BCUT2D eigenvalue weighted by Crippen LogP contribution is -2.45. The van der Waals surface area contributed by atoms with Crippen molar-refractivity contribution in [2.24, 2.45) is 0 Å². The van der Waals surface area contributed by atoms with Crippen molar-refractivity contribution in [3.63, 3.8) is 0 Å². The molecule has 0 aromatic heterocycles. The number of rotatable bonds is 8. The maximum absolute atomic E-state index is 13.2. The fourth-order valence-corrected chi connectivity index (χ4v) is 3.35. The van der Waals surface area contributed by atoms with Gasteiger partial charge >= 0.3 is 12.0 Å². The van der Waals surface area contributed by atoms with Crippen LogP contribution in [0.15, 0.2) is 78.9 Å². The van der Waals surface area contributed by atoms with E-state index in [9.17, 15) is 19.5 Å². The van der Waals surface area contributed by atoms with Gasteiger partial charge in [-0.2, -0.15) is 0 Å². The number of nitrogens with zero attached hydrogens (tertiary/aromatic N) is 1. The number of para-hydroxylation sites is 1. The molecule has 170 valence electrons. The zero-order valence-electron chi connectivity index (χ0n) is 18.3. The van der Waals surface area contributed by atoms with Gasteiger partial charge in [0.2, 0.25) is 5.91 Å². The topological polar surface area (TPSA) is 108 Å². The highest BCUT2D eigenvalue weighted by Crippen LogP contribution is 2.29. The molecule has 3 amide bonds. The van der Waals surface area contributed by atoms with Gasteiger partial charge in [0.05, 0.1) is 13.7 Å². The van der Waals surface area contributed by atoms with Gasteiger partial charge in [0.25, 0.3) is 0 Å². The molecule has 0 aliphatic rings. The minimum absolute atomic E-state index is 0.393. The molecule has 8 nitrogen and oxygen atoms in total. The number of carboxylic acid groups (broad SMARTS) is 1. The molecule has 0 bridgehead atoms. The minimum Gasteiger partial charge on any atom is -0.497 e. The molecule has 3 aromatic carbocycles. The van der Waals surface area contributed by atoms with Crippen molar-refractivity contribution < 1.29 is 24.2 Å². The third kappa shape index (κ3) is 6.10. The first-order chi connectivity index (χ1) is 15.9. The lowest BCUT2D eigenvalue weighted by Gasteiger charge is -2.29. The van der Waals surface area contributed by atoms with E-state index in [2.05, 4.69) is 10.6 Å². The van der Waals surface area contributed by atoms with Gasteiger partial charge in [0.1, 0.15) is 5.75 Å². The van der Waals surface area contributed by atoms with E-state index in [4.69, 9.17) is 4.74 Å². The summed E-state index contributed by atoms with van der Waals surface area (Å²) in [7, 11) is 1.51. The highest BCUT2D eigenvalue weighted by atomic mass is 16.5. The number of nitrogens with one attached hydrogen (secondary N) is 2. The van der Waals surface area contributed by atoms with E-state index < -0.39 is 30.5 Å². The van der Waals surface area contributed by atoms with Crippen LogP contribution in [0, 0.1) is 6.92 Å². The number of urea groups is 1. The molecule has 0 aliphatic heterocycles. The van der Waals surface area contributed by atoms with Gasteiger partial charge in [-0.1, -0.05) is 42.5 Å². The molecular weight excluding hydrogens is 422 g/mol. The van der Waals surface area contributed by atoms with Crippen LogP contribution in [0.4, 0.5) is 16.2 Å². The van der Waals surface area contributed by atoms with E-state index in [0.717, 1.165) is 10.5 Å². The van der Waals surface area contributed by atoms with E-state index in [-0.39, 0.29) is 0 Å². The van der Waals surface area contributed by atoms with Gasteiger partial charge in [-0.3, -0.25) is 9.69 Å². The van der Waals surface area contributed by atoms with E-state index in [1.807, 2.05) is 13.0 Å². The summed E-state index contributed by atoms with van der Waals surface area (Å²) >= 11 is 0. The average molecular weight is 447 g/mol. The number of carbonyl (C=O) groups is 3. The summed E-state index contributed by atoms with van der Waals surface area (Å²) in [4.78, 5) is 38.9. The molecule has 3 aromatic rings. The Kier molecular flexibility index (Phi) is 7.64. The van der Waals surface area contributed by atoms with Crippen molar-refractivity contribution in [2.75, 3.05) is 23.9 Å². The molecule has 33 heavy (non-hydrogen) atoms. The van der Waals surface area contributed by atoms with Gasteiger partial charge in [0, 0.05) is 11.4 Å². The van der Waals surface area contributed by atoms with Crippen LogP contribution in [0.5, 0.6) is 5.75 Å². The molecule has 0 saturated heterocycles. The Bertz CT molecular complexity index is 1120. The Balaban J connectivity index is 1.82. The van der Waals surface area contributed by atoms with Crippen molar-refractivity contribution in [3.05, 3.63) is 90.0 Å². The first kappa shape index (κ1) is 23.3. The van der Waals surface area contributed by atoms with Crippen molar-refractivity contribution in [2.45, 2.75) is 13.0 Å². The van der Waals surface area contributed by atoms with Gasteiger partial charge in [0.15, 0.2) is 6.04 Å². The summed E-state index contributed by atoms with van der Waals surface area (Å²) in [5.41, 5.74) is 2.35. The number of benzene rings is 3. The highest BCUT2D eigenvalue weighted by molar-refractivity contribution is 6.02. The first-order valence-corrected chi connectivity index (χ1v) is 10.2. The molecular formula is C25H25N3O5. The van der Waals surface area contributed by atoms with Crippen LogP contribution in [0.1, 0.15) is 17.2 Å². The second-order valence-corrected chi connectivity index (χ2v) is 7.29. The Hall–Kier alpha value is -4.33. The van der Waals surface area contributed by atoms with Crippen molar-refractivity contribution >= 4 is 29.3 Å². The lowest BCUT2D eigenvalue weighted by atomic mass is 10.0. The Labute approximate surface area is 191 Å². The Morgan fingerprint density at radius 3 is 2.27 bits per heavy atom. The highest BCUT2D eigenvalue weighted by Gasteiger charge is 2.32. The molecule has 1 atom stereocenters. The van der Waals surface area contributed by atoms with Crippen LogP contribution in [-0.4, -0.2) is 36.7 Å². The molecule has 8 heteroatoms. The summed E-state index contributed by atoms with van der Waals surface area (Å²) in [6, 6.07) is 20.3. The number of amides is 3. The molecule has 0 radical (unpaired) electrons. The number of hydrogen-bond acceptors (Lipinski definition) is 4. The third-order valence-electron chi connectivity index (χ3n) is 4.90. The molecule has 0 unspecified atom stereocenters. The monoisotopic (exact) mass is 447 g/mol. The third-order valence-corrected chi connectivity index (χ3v) is 4.90. The maximum Gasteiger partial charge on any atom is 0.331 e. The summed E-state index contributed by atoms with van der Waals surface area (Å²) in [5.74, 6) is -1.22. The SMILES string of the molecule is COc1ccc([C@@H](C(=O)O)N(C(=O)CNC(=O)Nc2cccc(C)c2)c2ccccc2)cc1. The van der Waals surface area contributed by atoms with Gasteiger partial charge < -0.3 is 20.5 Å². The zero-order valence-corrected chi connectivity index (χ0v) is 18.3. The van der Waals surface area contributed by atoms with Crippen molar-refractivity contribution in [1.29, 1.82) is 0 Å². The van der Waals surface area contributed by atoms with E-state index in [0.29, 0.717) is 22.7 Å². The maximum atomic E-state index is 13.2. The van der Waals surface area contributed by atoms with Gasteiger partial charge in [-0.25, -0.2) is 9.59 Å². The smallest absolute Gasteiger partial charge is 0.331 e. The second kappa shape index (κ2) is 10.8. The van der Waals surface area contributed by atoms with Crippen LogP contribution >= 0.6 is 0 Å². The van der Waals surface area contributed by atoms with Crippen molar-refractivity contribution in [1.82, 2.24) is 5.32 Å². The molecule has 0 fully saturated rings. The number of carboxylic acids is 1. The Morgan fingerprint density at radius 2 is 1.67 bits per heavy atom. The number of carbonyl (C=O) groups excluding carboxylic acids is 2. The number of aryl methyl sites for hydroxylation is 1. The summed E-state index contributed by atoms with van der Waals surface area (Å²) < 4.78 is 5.14. The zero-order chi connectivity index (χ0) is 23.8. The number of methoxy groups -OCH3 is 1. The van der Waals surface area contributed by atoms with Crippen LogP contribution in [-0.2, 0) is 9.59 Å². The van der Waals surface area contributed by atoms with Crippen LogP contribution < -0.4 is 20.3 Å².